The zero-order valence-electron chi connectivity index (χ0n) is 7.90. The monoisotopic (exact) mass is 190 g/mol. The molecule has 0 aliphatic heterocycles. The predicted molar refractivity (Wildman–Crippen MR) is 57.1 cm³/mol. The van der Waals surface area contributed by atoms with Crippen molar-refractivity contribution < 1.29 is 5.11 Å². The van der Waals surface area contributed by atoms with Crippen molar-refractivity contribution >= 4 is 10.9 Å². The summed E-state index contributed by atoms with van der Waals surface area (Å²) in [6.07, 6.45) is 2.09. The first-order valence-corrected chi connectivity index (χ1v) is 4.74. The third kappa shape index (κ3) is 1.78. The third-order valence-corrected chi connectivity index (χ3v) is 2.36. The Balaban J connectivity index is 2.25. The van der Waals surface area contributed by atoms with E-state index < -0.39 is 6.10 Å². The summed E-state index contributed by atoms with van der Waals surface area (Å²) in [5.41, 5.74) is 7.60. The molecule has 2 rings (SSSR count). The molecule has 0 aliphatic carbocycles. The number of aromatic nitrogens is 1. The molecule has 1 heterocycles. The molecule has 0 saturated heterocycles. The van der Waals surface area contributed by atoms with Crippen LogP contribution in [0, 0.1) is 0 Å². The highest BCUT2D eigenvalue weighted by Gasteiger charge is 2.03. The molecule has 1 atom stereocenters. The van der Waals surface area contributed by atoms with Crippen molar-refractivity contribution in [3.8, 4) is 0 Å². The number of hydrogen-bond acceptors (Lipinski definition) is 2. The number of rotatable bonds is 3. The standard InChI is InChI=1S/C11H14N2O/c12-7-10(14)6-8-1-2-11-9(5-8)3-4-13-11/h1-5,10,13-14H,6-7,12H2. The van der Waals surface area contributed by atoms with Gasteiger partial charge in [-0.15, -0.1) is 0 Å². The maximum atomic E-state index is 9.40. The molecule has 0 bridgehead atoms. The van der Waals surface area contributed by atoms with Crippen molar-refractivity contribution in [1.82, 2.24) is 4.98 Å². The van der Waals surface area contributed by atoms with Gasteiger partial charge >= 0.3 is 0 Å². The lowest BCUT2D eigenvalue weighted by Crippen LogP contribution is -2.21. The Morgan fingerprint density at radius 3 is 3.00 bits per heavy atom. The summed E-state index contributed by atoms with van der Waals surface area (Å²) >= 11 is 0. The van der Waals surface area contributed by atoms with Crippen LogP contribution in [0.3, 0.4) is 0 Å². The fraction of sp³-hybridized carbons (Fsp3) is 0.273. The average molecular weight is 190 g/mol. The molecule has 0 saturated carbocycles. The van der Waals surface area contributed by atoms with Gasteiger partial charge in [0.05, 0.1) is 6.10 Å². The highest BCUT2D eigenvalue weighted by atomic mass is 16.3. The van der Waals surface area contributed by atoms with E-state index in [1.54, 1.807) is 0 Å². The van der Waals surface area contributed by atoms with Gasteiger partial charge in [-0.05, 0) is 35.6 Å². The topological polar surface area (TPSA) is 62.0 Å². The van der Waals surface area contributed by atoms with Crippen LogP contribution in [0.25, 0.3) is 10.9 Å². The van der Waals surface area contributed by atoms with Gasteiger partial charge in [0.2, 0.25) is 0 Å². The largest absolute Gasteiger partial charge is 0.391 e. The number of nitrogens with two attached hydrogens (primary N) is 1. The molecule has 0 fully saturated rings. The maximum absolute atomic E-state index is 9.40. The third-order valence-electron chi connectivity index (χ3n) is 2.36. The Morgan fingerprint density at radius 1 is 1.36 bits per heavy atom. The molecule has 14 heavy (non-hydrogen) atoms. The van der Waals surface area contributed by atoms with Crippen molar-refractivity contribution in [3.05, 3.63) is 36.0 Å². The van der Waals surface area contributed by atoms with E-state index in [1.165, 1.54) is 5.39 Å². The van der Waals surface area contributed by atoms with Crippen LogP contribution in [0.15, 0.2) is 30.5 Å². The normalized spacial score (nSPS) is 13.3. The molecule has 4 N–H and O–H groups in total. The van der Waals surface area contributed by atoms with Gasteiger partial charge in [-0.25, -0.2) is 0 Å². The molecule has 3 heteroatoms. The van der Waals surface area contributed by atoms with E-state index in [0.717, 1.165) is 11.1 Å². The fourth-order valence-corrected chi connectivity index (χ4v) is 1.59. The lowest BCUT2D eigenvalue weighted by molar-refractivity contribution is 0.183. The van der Waals surface area contributed by atoms with Crippen LogP contribution in [-0.4, -0.2) is 22.7 Å². The lowest BCUT2D eigenvalue weighted by atomic mass is 10.1. The quantitative estimate of drug-likeness (QED) is 0.677. The van der Waals surface area contributed by atoms with Gasteiger partial charge in [-0.1, -0.05) is 6.07 Å². The van der Waals surface area contributed by atoms with Gasteiger partial charge < -0.3 is 15.8 Å². The Kier molecular flexibility index (Phi) is 2.52. The minimum atomic E-state index is -0.439. The molecule has 2 aromatic rings. The SMILES string of the molecule is NCC(O)Cc1ccc2[nH]ccc2c1. The van der Waals surface area contributed by atoms with E-state index in [-0.39, 0.29) is 0 Å². The van der Waals surface area contributed by atoms with E-state index in [0.29, 0.717) is 13.0 Å². The van der Waals surface area contributed by atoms with Crippen molar-refractivity contribution in [1.29, 1.82) is 0 Å². The number of nitrogens with one attached hydrogen (secondary N) is 1. The first kappa shape index (κ1) is 9.24. The van der Waals surface area contributed by atoms with Crippen LogP contribution in [0.5, 0.6) is 0 Å². The van der Waals surface area contributed by atoms with Gasteiger partial charge in [-0.3, -0.25) is 0 Å². The molecule has 0 radical (unpaired) electrons. The number of aliphatic hydroxyl groups is 1. The van der Waals surface area contributed by atoms with E-state index in [1.807, 2.05) is 24.4 Å². The van der Waals surface area contributed by atoms with E-state index >= 15 is 0 Å². The number of hydrogen-bond donors (Lipinski definition) is 3. The summed E-state index contributed by atoms with van der Waals surface area (Å²) in [4.78, 5) is 3.13. The number of aliphatic hydroxyl groups excluding tert-OH is 1. The number of aromatic amines is 1. The van der Waals surface area contributed by atoms with Crippen LogP contribution in [-0.2, 0) is 6.42 Å². The Hall–Kier alpha value is -1.32. The average Bonchev–Trinajstić information content (AvgIpc) is 2.64. The fourth-order valence-electron chi connectivity index (χ4n) is 1.59. The number of benzene rings is 1. The summed E-state index contributed by atoms with van der Waals surface area (Å²) < 4.78 is 0. The molecule has 0 amide bonds. The highest BCUT2D eigenvalue weighted by molar-refractivity contribution is 5.79. The molecular formula is C11H14N2O. The molecule has 1 unspecified atom stereocenters. The van der Waals surface area contributed by atoms with Crippen molar-refractivity contribution in [2.24, 2.45) is 5.73 Å². The second-order valence-corrected chi connectivity index (χ2v) is 3.49. The smallest absolute Gasteiger partial charge is 0.0702 e. The van der Waals surface area contributed by atoms with E-state index in [4.69, 9.17) is 5.73 Å². The number of fused-ring (bicyclic) bond motifs is 1. The predicted octanol–water partition coefficient (Wildman–Crippen LogP) is 1.03. The zero-order valence-corrected chi connectivity index (χ0v) is 7.90. The summed E-state index contributed by atoms with van der Waals surface area (Å²) in [5, 5.41) is 10.6. The zero-order chi connectivity index (χ0) is 9.97. The molecular weight excluding hydrogens is 176 g/mol. The van der Waals surface area contributed by atoms with Crippen LogP contribution in [0.1, 0.15) is 5.56 Å². The van der Waals surface area contributed by atoms with Crippen molar-refractivity contribution in [2.75, 3.05) is 6.54 Å². The van der Waals surface area contributed by atoms with E-state index in [9.17, 15) is 5.11 Å². The Labute approximate surface area is 82.6 Å². The van der Waals surface area contributed by atoms with Crippen molar-refractivity contribution in [2.45, 2.75) is 12.5 Å². The van der Waals surface area contributed by atoms with Crippen LogP contribution in [0.4, 0.5) is 0 Å². The minimum absolute atomic E-state index is 0.311. The Bertz CT molecular complexity index is 422. The molecule has 0 spiro atoms. The maximum Gasteiger partial charge on any atom is 0.0702 e. The second-order valence-electron chi connectivity index (χ2n) is 3.49. The summed E-state index contributed by atoms with van der Waals surface area (Å²) in [6.45, 7) is 0.311. The molecule has 0 aliphatic rings. The van der Waals surface area contributed by atoms with Gasteiger partial charge in [0.1, 0.15) is 0 Å². The molecule has 74 valence electrons. The van der Waals surface area contributed by atoms with Gasteiger partial charge in [0.15, 0.2) is 0 Å². The summed E-state index contributed by atoms with van der Waals surface area (Å²) in [5.74, 6) is 0. The Morgan fingerprint density at radius 2 is 2.21 bits per heavy atom. The molecule has 3 nitrogen and oxygen atoms in total. The van der Waals surface area contributed by atoms with Crippen LogP contribution in [0.2, 0.25) is 0 Å². The second kappa shape index (κ2) is 3.82. The highest BCUT2D eigenvalue weighted by Crippen LogP contribution is 2.15. The lowest BCUT2D eigenvalue weighted by Gasteiger charge is -2.07. The first-order chi connectivity index (χ1) is 6.79. The molecule has 1 aromatic heterocycles. The van der Waals surface area contributed by atoms with Gasteiger partial charge in [0, 0.05) is 18.3 Å². The van der Waals surface area contributed by atoms with Crippen molar-refractivity contribution in [3.63, 3.8) is 0 Å². The van der Waals surface area contributed by atoms with Crippen LogP contribution >= 0.6 is 0 Å². The van der Waals surface area contributed by atoms with Gasteiger partial charge in [0.25, 0.3) is 0 Å². The first-order valence-electron chi connectivity index (χ1n) is 4.74. The summed E-state index contributed by atoms with van der Waals surface area (Å²) in [6, 6.07) is 8.13. The van der Waals surface area contributed by atoms with Crippen LogP contribution < -0.4 is 5.73 Å². The van der Waals surface area contributed by atoms with E-state index in [2.05, 4.69) is 11.1 Å². The minimum Gasteiger partial charge on any atom is -0.391 e. The summed E-state index contributed by atoms with van der Waals surface area (Å²) in [7, 11) is 0. The van der Waals surface area contributed by atoms with Gasteiger partial charge in [-0.2, -0.15) is 0 Å². The number of H-pyrrole nitrogens is 1. The molecule has 1 aromatic carbocycles.